The molecular formula is C28H34Cl2N2Ti. The van der Waals surface area contributed by atoms with E-state index < -0.39 is 0 Å². The Morgan fingerprint density at radius 3 is 2.33 bits per heavy atom. The van der Waals surface area contributed by atoms with Crippen LogP contribution in [-0.2, 0) is 24.1 Å². The molecule has 1 aliphatic rings. The second-order valence-electron chi connectivity index (χ2n) is 8.91. The molecule has 174 valence electrons. The summed E-state index contributed by atoms with van der Waals surface area (Å²) in [5.41, 5.74) is 11.3. The van der Waals surface area contributed by atoms with Gasteiger partial charge in [-0.05, 0) is 0 Å². The van der Waals surface area contributed by atoms with Crippen LogP contribution in [0.5, 0.6) is 0 Å². The Labute approximate surface area is 220 Å². The summed E-state index contributed by atoms with van der Waals surface area (Å²) >= 11 is -0.375. The third-order valence-corrected chi connectivity index (χ3v) is 7.53. The fourth-order valence-corrected chi connectivity index (χ4v) is 6.63. The number of aryl methyl sites for hydroxylation is 3. The number of nitrogens with one attached hydrogen (secondary N) is 1. The van der Waals surface area contributed by atoms with E-state index in [2.05, 4.69) is 104 Å². The summed E-state index contributed by atoms with van der Waals surface area (Å²) < 4.78 is 5.00. The fourth-order valence-electron chi connectivity index (χ4n) is 4.73. The van der Waals surface area contributed by atoms with E-state index in [1.165, 1.54) is 55.4 Å². The molecule has 0 saturated heterocycles. The van der Waals surface area contributed by atoms with E-state index >= 15 is 0 Å². The third-order valence-electron chi connectivity index (χ3n) is 6.04. The SMILES string of the molecule is Cc1cc(C)c([NH][Ti][CH2]c2c(C3=C(CN(C)C)C=CC3)ccc3ccccc23)c(C)c1.Cl.Cl. The van der Waals surface area contributed by atoms with Crippen LogP contribution in [0.3, 0.4) is 0 Å². The largest absolute Gasteiger partial charge is 0.147 e. The summed E-state index contributed by atoms with van der Waals surface area (Å²) in [5.74, 6) is 0. The van der Waals surface area contributed by atoms with E-state index in [1.807, 2.05) is 0 Å². The maximum atomic E-state index is 3.87. The number of hydrogen-bond acceptors (Lipinski definition) is 2. The van der Waals surface area contributed by atoms with Crippen molar-refractivity contribution in [2.24, 2.45) is 0 Å². The first-order valence-corrected chi connectivity index (χ1v) is 12.9. The van der Waals surface area contributed by atoms with Crippen LogP contribution in [0.2, 0.25) is 0 Å². The molecule has 1 N–H and O–H groups in total. The van der Waals surface area contributed by atoms with Crippen molar-refractivity contribution in [1.82, 2.24) is 4.90 Å². The van der Waals surface area contributed by atoms with Crippen LogP contribution in [0.15, 0.2) is 66.3 Å². The van der Waals surface area contributed by atoms with Gasteiger partial charge in [0.05, 0.1) is 0 Å². The second kappa shape index (κ2) is 12.2. The molecule has 0 amide bonds. The molecule has 0 radical (unpaired) electrons. The molecule has 0 unspecified atom stereocenters. The standard InChI is InChI=1S/C19H20N.C9H12N.2ClH.Ti/c1-14-17-9-5-4-7-15(17)11-12-18(14)19-10-6-8-16(19)13-20(2)3;1-6-4-7(2)9(10)8(3)5-6;;;/h4-9,11-12H,1,10,13H2,2-3H3;4-5,10H,1-3H3;2*1H;/q;-1;;;+1. The molecule has 2 nitrogen and oxygen atoms in total. The minimum atomic E-state index is -0.375. The Balaban J connectivity index is 0.00000193. The zero-order chi connectivity index (χ0) is 22.0. The summed E-state index contributed by atoms with van der Waals surface area (Å²) in [6.07, 6.45) is 5.68. The molecule has 0 atom stereocenters. The van der Waals surface area contributed by atoms with Crippen LogP contribution >= 0.6 is 24.8 Å². The van der Waals surface area contributed by atoms with Gasteiger partial charge in [-0.2, -0.15) is 0 Å². The van der Waals surface area contributed by atoms with Crippen molar-refractivity contribution < 1.29 is 19.4 Å². The van der Waals surface area contributed by atoms with Crippen molar-refractivity contribution in [3.63, 3.8) is 0 Å². The maximum Gasteiger partial charge on any atom is -0.147 e. The Kier molecular flexibility index (Phi) is 10.3. The van der Waals surface area contributed by atoms with Gasteiger partial charge >= 0.3 is 197 Å². The Hall–Kier alpha value is -1.55. The molecule has 1 aliphatic carbocycles. The molecule has 5 heteroatoms. The number of rotatable bonds is 7. The van der Waals surface area contributed by atoms with Gasteiger partial charge in [0.25, 0.3) is 0 Å². The van der Waals surface area contributed by atoms with Gasteiger partial charge < -0.3 is 0 Å². The summed E-state index contributed by atoms with van der Waals surface area (Å²) in [6, 6.07) is 18.1. The van der Waals surface area contributed by atoms with Crippen molar-refractivity contribution in [3.8, 4) is 0 Å². The van der Waals surface area contributed by atoms with Crippen molar-refractivity contribution in [2.45, 2.75) is 31.9 Å². The molecular weight excluding hydrogens is 483 g/mol. The number of allylic oxidation sites excluding steroid dienone is 2. The van der Waals surface area contributed by atoms with E-state index in [0.29, 0.717) is 0 Å². The van der Waals surface area contributed by atoms with E-state index in [-0.39, 0.29) is 44.2 Å². The molecule has 0 aromatic heterocycles. The van der Waals surface area contributed by atoms with Crippen LogP contribution in [-0.4, -0.2) is 25.5 Å². The quantitative estimate of drug-likeness (QED) is 0.327. The van der Waals surface area contributed by atoms with Gasteiger partial charge in [0.15, 0.2) is 0 Å². The Bertz CT molecular complexity index is 1160. The first-order chi connectivity index (χ1) is 14.9. The predicted molar refractivity (Wildman–Crippen MR) is 146 cm³/mol. The number of fused-ring (bicyclic) bond motifs is 1. The molecule has 0 fully saturated rings. The zero-order valence-corrected chi connectivity index (χ0v) is 23.4. The van der Waals surface area contributed by atoms with Crippen LogP contribution in [0.4, 0.5) is 5.69 Å². The van der Waals surface area contributed by atoms with Gasteiger partial charge in [-0.1, -0.05) is 0 Å². The molecule has 3 aromatic carbocycles. The van der Waals surface area contributed by atoms with Crippen molar-refractivity contribution >= 4 is 46.8 Å². The van der Waals surface area contributed by atoms with Gasteiger partial charge in [0.2, 0.25) is 0 Å². The van der Waals surface area contributed by atoms with E-state index in [1.54, 1.807) is 0 Å². The number of nitrogens with zero attached hydrogens (tertiary/aromatic N) is 1. The monoisotopic (exact) mass is 516 g/mol. The van der Waals surface area contributed by atoms with Crippen LogP contribution < -0.4 is 3.80 Å². The predicted octanol–water partition coefficient (Wildman–Crippen LogP) is 7.49. The van der Waals surface area contributed by atoms with Crippen LogP contribution in [0.25, 0.3) is 16.3 Å². The molecule has 0 heterocycles. The number of anilines is 1. The van der Waals surface area contributed by atoms with Gasteiger partial charge in [-0.15, -0.1) is 24.8 Å². The molecule has 0 bridgehead atoms. The summed E-state index contributed by atoms with van der Waals surface area (Å²) in [4.78, 5) is 2.27. The number of benzene rings is 3. The normalized spacial score (nSPS) is 12.7. The molecule has 0 spiro atoms. The number of hydrogen-bond donors (Lipinski definition) is 1. The summed E-state index contributed by atoms with van der Waals surface area (Å²) in [6.45, 7) is 7.62. The average molecular weight is 517 g/mol. The van der Waals surface area contributed by atoms with Crippen LogP contribution in [0, 0.1) is 20.8 Å². The van der Waals surface area contributed by atoms with Gasteiger partial charge in [-0.3, -0.25) is 0 Å². The fraction of sp³-hybridized carbons (Fsp3) is 0.286. The molecule has 0 aliphatic heterocycles. The van der Waals surface area contributed by atoms with Gasteiger partial charge in [0, 0.05) is 0 Å². The molecule has 4 rings (SSSR count). The first kappa shape index (κ1) is 27.7. The molecule has 33 heavy (non-hydrogen) atoms. The topological polar surface area (TPSA) is 15.3 Å². The Morgan fingerprint density at radius 2 is 1.64 bits per heavy atom. The molecule has 0 saturated carbocycles. The van der Waals surface area contributed by atoms with Gasteiger partial charge in [-0.25, -0.2) is 0 Å². The van der Waals surface area contributed by atoms with Crippen molar-refractivity contribution in [3.05, 3.63) is 94.1 Å². The summed E-state index contributed by atoms with van der Waals surface area (Å²) in [7, 11) is 4.31. The van der Waals surface area contributed by atoms with Crippen LogP contribution in [0.1, 0.15) is 34.2 Å². The summed E-state index contributed by atoms with van der Waals surface area (Å²) in [5, 5.41) is 2.75. The third kappa shape index (κ3) is 6.32. The van der Waals surface area contributed by atoms with Gasteiger partial charge in [0.1, 0.15) is 0 Å². The van der Waals surface area contributed by atoms with E-state index in [4.69, 9.17) is 0 Å². The smallest absolute Gasteiger partial charge is 0.147 e. The minimum absolute atomic E-state index is 0. The minimum Gasteiger partial charge on any atom is -0.147 e. The zero-order valence-electron chi connectivity index (χ0n) is 20.2. The van der Waals surface area contributed by atoms with Crippen molar-refractivity contribution in [1.29, 1.82) is 0 Å². The molecule has 3 aromatic rings. The Morgan fingerprint density at radius 1 is 0.939 bits per heavy atom. The first-order valence-electron chi connectivity index (χ1n) is 11.0. The van der Waals surface area contributed by atoms with E-state index in [0.717, 1.165) is 17.7 Å². The second-order valence-corrected chi connectivity index (χ2v) is 10.4. The number of halogens is 2. The maximum absolute atomic E-state index is 3.87. The van der Waals surface area contributed by atoms with Crippen molar-refractivity contribution in [2.75, 3.05) is 24.4 Å². The number of likely N-dealkylation sites (N-methyl/N-ethyl adjacent to an activating group) is 1. The van der Waals surface area contributed by atoms with E-state index in [9.17, 15) is 0 Å². The average Bonchev–Trinajstić information content (AvgIpc) is 3.17.